The fourth-order valence-electron chi connectivity index (χ4n) is 1.72. The summed E-state index contributed by atoms with van der Waals surface area (Å²) >= 11 is 0. The summed E-state index contributed by atoms with van der Waals surface area (Å²) < 4.78 is 15.8. The van der Waals surface area contributed by atoms with Crippen molar-refractivity contribution in [3.63, 3.8) is 0 Å². The van der Waals surface area contributed by atoms with Gasteiger partial charge in [-0.15, -0.1) is 0 Å². The third kappa shape index (κ3) is 0.881. The van der Waals surface area contributed by atoms with Crippen LogP contribution in [0.2, 0.25) is 0 Å². The molecule has 2 fully saturated rings. The van der Waals surface area contributed by atoms with E-state index in [-0.39, 0.29) is 12.1 Å². The second-order valence-electron chi connectivity index (χ2n) is 3.81. The Balaban J connectivity index is 2.29. The van der Waals surface area contributed by atoms with Crippen LogP contribution >= 0.6 is 0 Å². The van der Waals surface area contributed by atoms with Gasteiger partial charge in [0.05, 0.1) is 0 Å². The largest absolute Gasteiger partial charge is 0.461 e. The first-order valence-corrected chi connectivity index (χ1v) is 3.99. The molecule has 2 rings (SSSR count). The fourth-order valence-corrected chi connectivity index (χ4v) is 1.72. The molecule has 2 saturated heterocycles. The number of cyclic esters (lactones) is 1. The van der Waals surface area contributed by atoms with E-state index in [0.29, 0.717) is 6.61 Å². The van der Waals surface area contributed by atoms with Crippen LogP contribution in [0.1, 0.15) is 20.8 Å². The maximum atomic E-state index is 11.2. The zero-order valence-corrected chi connectivity index (χ0v) is 7.42. The van der Waals surface area contributed by atoms with Gasteiger partial charge < -0.3 is 14.2 Å². The Morgan fingerprint density at radius 2 is 2.08 bits per heavy atom. The van der Waals surface area contributed by atoms with Crippen molar-refractivity contribution in [1.82, 2.24) is 0 Å². The summed E-state index contributed by atoms with van der Waals surface area (Å²) in [5.41, 5.74) is -0.885. The predicted octanol–water partition coefficient (Wildman–Crippen LogP) is 0.453. The molecule has 0 unspecified atom stereocenters. The lowest BCUT2D eigenvalue weighted by Gasteiger charge is -2.20. The lowest BCUT2D eigenvalue weighted by atomic mass is 10.0. The predicted molar refractivity (Wildman–Crippen MR) is 39.4 cm³/mol. The summed E-state index contributed by atoms with van der Waals surface area (Å²) in [7, 11) is 0. The Hall–Kier alpha value is -0.610. The SMILES string of the molecule is CC1(C)O[C@H]2COC(=O)[C@@]2(C)O1. The molecule has 0 spiro atoms. The van der Waals surface area contributed by atoms with Crippen LogP contribution in [-0.4, -0.2) is 30.1 Å². The number of rotatable bonds is 0. The van der Waals surface area contributed by atoms with Gasteiger partial charge in [0.25, 0.3) is 0 Å². The van der Waals surface area contributed by atoms with E-state index in [1.165, 1.54) is 0 Å². The van der Waals surface area contributed by atoms with Crippen molar-refractivity contribution >= 4 is 5.97 Å². The van der Waals surface area contributed by atoms with Crippen LogP contribution in [0.4, 0.5) is 0 Å². The van der Waals surface area contributed by atoms with Gasteiger partial charge in [0, 0.05) is 0 Å². The van der Waals surface area contributed by atoms with E-state index in [9.17, 15) is 4.79 Å². The summed E-state index contributed by atoms with van der Waals surface area (Å²) in [5, 5.41) is 0. The van der Waals surface area contributed by atoms with E-state index < -0.39 is 11.4 Å². The van der Waals surface area contributed by atoms with Crippen LogP contribution in [0, 0.1) is 0 Å². The Morgan fingerprint density at radius 3 is 2.67 bits per heavy atom. The van der Waals surface area contributed by atoms with Gasteiger partial charge in [-0.1, -0.05) is 0 Å². The van der Waals surface area contributed by atoms with Crippen molar-refractivity contribution in [1.29, 1.82) is 0 Å². The van der Waals surface area contributed by atoms with E-state index in [4.69, 9.17) is 14.2 Å². The molecule has 2 atom stereocenters. The molecule has 4 nitrogen and oxygen atoms in total. The molecule has 0 radical (unpaired) electrons. The van der Waals surface area contributed by atoms with Gasteiger partial charge in [-0.05, 0) is 20.8 Å². The maximum absolute atomic E-state index is 11.2. The van der Waals surface area contributed by atoms with Crippen molar-refractivity contribution in [2.24, 2.45) is 0 Å². The molecule has 0 amide bonds. The minimum atomic E-state index is -0.885. The minimum Gasteiger partial charge on any atom is -0.461 e. The van der Waals surface area contributed by atoms with Gasteiger partial charge in [-0.25, -0.2) is 4.79 Å². The number of carbonyl (C=O) groups is 1. The van der Waals surface area contributed by atoms with Gasteiger partial charge in [0.15, 0.2) is 11.4 Å². The van der Waals surface area contributed by atoms with Crippen LogP contribution in [0.3, 0.4) is 0 Å². The van der Waals surface area contributed by atoms with Gasteiger partial charge in [-0.3, -0.25) is 0 Å². The first-order chi connectivity index (χ1) is 5.44. The second kappa shape index (κ2) is 2.00. The van der Waals surface area contributed by atoms with E-state index in [0.717, 1.165) is 0 Å². The van der Waals surface area contributed by atoms with E-state index >= 15 is 0 Å². The molecule has 12 heavy (non-hydrogen) atoms. The number of carbonyl (C=O) groups excluding carboxylic acids is 1. The highest BCUT2D eigenvalue weighted by atomic mass is 16.8. The van der Waals surface area contributed by atoms with Gasteiger partial charge in [-0.2, -0.15) is 0 Å². The molecule has 0 aromatic carbocycles. The van der Waals surface area contributed by atoms with E-state index in [1.54, 1.807) is 20.8 Å². The molecule has 0 N–H and O–H groups in total. The van der Waals surface area contributed by atoms with Gasteiger partial charge in [0.1, 0.15) is 12.7 Å². The Kier molecular flexibility index (Phi) is 1.34. The summed E-state index contributed by atoms with van der Waals surface area (Å²) in [6.07, 6.45) is -0.250. The van der Waals surface area contributed by atoms with Crippen LogP contribution in [0.25, 0.3) is 0 Å². The standard InChI is InChI=1S/C8H12O4/c1-7(2)11-5-4-10-6(9)8(5,3)12-7/h5H,4H2,1-3H3/t5-,8-/m0/s1. The molecule has 0 saturated carbocycles. The van der Waals surface area contributed by atoms with Gasteiger partial charge >= 0.3 is 5.97 Å². The third-order valence-corrected chi connectivity index (χ3v) is 2.27. The first kappa shape index (κ1) is 8.01. The van der Waals surface area contributed by atoms with E-state index in [2.05, 4.69) is 0 Å². The molecule has 0 aromatic rings. The fraction of sp³-hybridized carbons (Fsp3) is 0.875. The molecule has 2 heterocycles. The van der Waals surface area contributed by atoms with Crippen molar-refractivity contribution in [2.75, 3.05) is 6.61 Å². The lowest BCUT2D eigenvalue weighted by Crippen LogP contribution is -2.39. The highest BCUT2D eigenvalue weighted by molar-refractivity contribution is 5.82. The molecular formula is C8H12O4. The normalized spacial score (nSPS) is 44.2. The van der Waals surface area contributed by atoms with Gasteiger partial charge in [0.2, 0.25) is 0 Å². The number of hydrogen-bond donors (Lipinski definition) is 0. The Morgan fingerprint density at radius 1 is 1.42 bits per heavy atom. The molecule has 2 aliphatic rings. The summed E-state index contributed by atoms with van der Waals surface area (Å²) in [6, 6.07) is 0. The molecular weight excluding hydrogens is 160 g/mol. The number of hydrogen-bond acceptors (Lipinski definition) is 4. The highest BCUT2D eigenvalue weighted by Crippen LogP contribution is 2.40. The third-order valence-electron chi connectivity index (χ3n) is 2.27. The maximum Gasteiger partial charge on any atom is 0.341 e. The van der Waals surface area contributed by atoms with Crippen LogP contribution in [0.5, 0.6) is 0 Å². The van der Waals surface area contributed by atoms with Crippen molar-refractivity contribution in [3.05, 3.63) is 0 Å². The lowest BCUT2D eigenvalue weighted by molar-refractivity contribution is -0.190. The molecule has 68 valence electrons. The van der Waals surface area contributed by atoms with E-state index in [1.807, 2.05) is 0 Å². The van der Waals surface area contributed by atoms with Crippen molar-refractivity contribution in [3.8, 4) is 0 Å². The molecule has 2 aliphatic heterocycles. The number of ether oxygens (including phenoxy) is 3. The molecule has 0 bridgehead atoms. The van der Waals surface area contributed by atoms with Crippen LogP contribution in [0.15, 0.2) is 0 Å². The Bertz CT molecular complexity index is 235. The molecule has 0 aromatic heterocycles. The highest BCUT2D eigenvalue weighted by Gasteiger charge is 2.60. The quantitative estimate of drug-likeness (QED) is 0.498. The number of fused-ring (bicyclic) bond motifs is 1. The van der Waals surface area contributed by atoms with Crippen LogP contribution in [-0.2, 0) is 19.0 Å². The van der Waals surface area contributed by atoms with Crippen molar-refractivity contribution < 1.29 is 19.0 Å². The Labute approximate surface area is 70.8 Å². The summed E-state index contributed by atoms with van der Waals surface area (Å²) in [5.74, 6) is -0.989. The smallest absolute Gasteiger partial charge is 0.341 e. The zero-order valence-electron chi connectivity index (χ0n) is 7.42. The average molecular weight is 172 g/mol. The number of esters is 1. The zero-order chi connectivity index (χ0) is 8.98. The molecule has 0 aliphatic carbocycles. The van der Waals surface area contributed by atoms with Crippen molar-refractivity contribution in [2.45, 2.75) is 38.3 Å². The second-order valence-corrected chi connectivity index (χ2v) is 3.81. The monoisotopic (exact) mass is 172 g/mol. The summed E-state index contributed by atoms with van der Waals surface area (Å²) in [6.45, 7) is 5.61. The van der Waals surface area contributed by atoms with Crippen LogP contribution < -0.4 is 0 Å². The summed E-state index contributed by atoms with van der Waals surface area (Å²) in [4.78, 5) is 11.2. The molecule has 4 heteroatoms. The minimum absolute atomic E-state index is 0.250. The first-order valence-electron chi connectivity index (χ1n) is 3.99. The topological polar surface area (TPSA) is 44.8 Å². The average Bonchev–Trinajstić information content (AvgIpc) is 2.27.